The fraction of sp³-hybridized carbons (Fsp3) is 0.171. The lowest BCUT2D eigenvalue weighted by molar-refractivity contribution is -0.138. The minimum Gasteiger partial charge on any atom is -0.496 e. The molecule has 0 unspecified atom stereocenters. The fourth-order valence-corrected chi connectivity index (χ4v) is 7.33. The van der Waals surface area contributed by atoms with Crippen LogP contribution in [0.4, 0.5) is 5.69 Å². The zero-order valence-electron chi connectivity index (χ0n) is 24.7. The van der Waals surface area contributed by atoms with E-state index < -0.39 is 12.0 Å². The molecule has 0 N–H and O–H groups in total. The number of rotatable bonds is 7. The Bertz CT molecular complexity index is 2120. The average molecular weight is 669 g/mol. The molecule has 1 atom stereocenters. The van der Waals surface area contributed by atoms with Crippen LogP contribution in [0.1, 0.15) is 29.7 Å². The molecule has 9 heteroatoms. The highest BCUT2D eigenvalue weighted by atomic mass is 79.9. The smallest absolute Gasteiger partial charge is 0.338 e. The molecule has 0 spiro atoms. The van der Waals surface area contributed by atoms with Crippen molar-refractivity contribution in [3.8, 4) is 5.75 Å². The molecule has 0 amide bonds. The lowest BCUT2D eigenvalue weighted by Crippen LogP contribution is -2.40. The molecule has 1 aromatic heterocycles. The van der Waals surface area contributed by atoms with Crippen molar-refractivity contribution in [2.24, 2.45) is 4.99 Å². The Hall–Kier alpha value is -4.47. The third-order valence-corrected chi connectivity index (χ3v) is 9.17. The molecule has 5 aromatic rings. The first kappa shape index (κ1) is 29.6. The van der Waals surface area contributed by atoms with Crippen molar-refractivity contribution >= 4 is 61.5 Å². The summed E-state index contributed by atoms with van der Waals surface area (Å²) in [5.74, 6) is 0.0233. The summed E-state index contributed by atoms with van der Waals surface area (Å²) < 4.78 is 14.6. The summed E-state index contributed by atoms with van der Waals surface area (Å²) in [6.45, 7) is 1.94. The molecule has 44 heavy (non-hydrogen) atoms. The van der Waals surface area contributed by atoms with Gasteiger partial charge in [-0.25, -0.2) is 9.79 Å². The number of aromatic nitrogens is 1. The number of thiazole rings is 1. The Balaban J connectivity index is 1.71. The zero-order valence-corrected chi connectivity index (χ0v) is 27.1. The third kappa shape index (κ3) is 5.27. The molecule has 222 valence electrons. The van der Waals surface area contributed by atoms with Crippen LogP contribution in [0.5, 0.6) is 5.75 Å². The second-order valence-corrected chi connectivity index (χ2v) is 12.3. The molecule has 6 rings (SSSR count). The molecule has 4 aromatic carbocycles. The lowest BCUT2D eigenvalue weighted by Gasteiger charge is -2.28. The van der Waals surface area contributed by atoms with Gasteiger partial charge in [-0.3, -0.25) is 9.36 Å². The van der Waals surface area contributed by atoms with Gasteiger partial charge in [0.05, 0.1) is 35.2 Å². The molecule has 0 bridgehead atoms. The summed E-state index contributed by atoms with van der Waals surface area (Å²) in [7, 11) is 5.55. The number of carbonyl (C=O) groups is 1. The Labute approximate surface area is 267 Å². The van der Waals surface area contributed by atoms with E-state index in [2.05, 4.69) is 15.9 Å². The number of halogens is 1. The number of methoxy groups -OCH3 is 1. The van der Waals surface area contributed by atoms with Gasteiger partial charge >= 0.3 is 5.97 Å². The van der Waals surface area contributed by atoms with Crippen molar-refractivity contribution in [2.75, 3.05) is 32.7 Å². The standard InChI is InChI=1S/C35H30BrN3O4S/c1-5-43-34(41)30-31(23-12-7-6-8-13-23)37-35-39(32(30)29-24-14-10-9-11-22(24)16-18-27(29)42-4)33(40)28(44-35)20-21-15-17-26(38(2)3)25(36)19-21/h6-20,32H,5H2,1-4H3/t32-/m1/s1. The quantitative estimate of drug-likeness (QED) is 0.201. The topological polar surface area (TPSA) is 73.1 Å². The van der Waals surface area contributed by atoms with Gasteiger partial charge in [0.25, 0.3) is 5.56 Å². The van der Waals surface area contributed by atoms with E-state index in [-0.39, 0.29) is 17.7 Å². The van der Waals surface area contributed by atoms with Crippen LogP contribution in [0.15, 0.2) is 105 Å². The second-order valence-electron chi connectivity index (χ2n) is 10.4. The maximum Gasteiger partial charge on any atom is 0.338 e. The zero-order chi connectivity index (χ0) is 31.0. The number of hydrogen-bond acceptors (Lipinski definition) is 7. The molecule has 0 saturated carbocycles. The van der Waals surface area contributed by atoms with Gasteiger partial charge in [-0.2, -0.15) is 0 Å². The van der Waals surface area contributed by atoms with Gasteiger partial charge in [-0.1, -0.05) is 78.1 Å². The fourth-order valence-electron chi connectivity index (χ4n) is 5.58. The minimum absolute atomic E-state index is 0.173. The van der Waals surface area contributed by atoms with Crippen molar-refractivity contribution < 1.29 is 14.3 Å². The highest BCUT2D eigenvalue weighted by Gasteiger charge is 2.37. The minimum atomic E-state index is -0.855. The van der Waals surface area contributed by atoms with E-state index in [1.54, 1.807) is 18.6 Å². The van der Waals surface area contributed by atoms with Crippen LogP contribution >= 0.6 is 27.3 Å². The number of ether oxygens (including phenoxy) is 2. The summed E-state index contributed by atoms with van der Waals surface area (Å²) in [5.41, 5.74) is 3.83. The van der Waals surface area contributed by atoms with Gasteiger partial charge < -0.3 is 14.4 Å². The normalized spacial score (nSPS) is 14.8. The average Bonchev–Trinajstić information content (AvgIpc) is 3.34. The molecular formula is C35H30BrN3O4S. The van der Waals surface area contributed by atoms with Crippen LogP contribution in [0, 0.1) is 0 Å². The Morgan fingerprint density at radius 1 is 1.05 bits per heavy atom. The molecule has 0 radical (unpaired) electrons. The van der Waals surface area contributed by atoms with Crippen molar-refractivity contribution in [3.63, 3.8) is 0 Å². The third-order valence-electron chi connectivity index (χ3n) is 7.55. The molecule has 0 fully saturated rings. The van der Waals surface area contributed by atoms with Gasteiger partial charge in [-0.05, 0) is 63.5 Å². The van der Waals surface area contributed by atoms with Crippen molar-refractivity contribution in [2.45, 2.75) is 13.0 Å². The van der Waals surface area contributed by atoms with Crippen molar-refractivity contribution in [1.29, 1.82) is 0 Å². The second kappa shape index (κ2) is 12.3. The summed E-state index contributed by atoms with van der Waals surface area (Å²) in [6, 6.07) is 26.4. The summed E-state index contributed by atoms with van der Waals surface area (Å²) in [6.07, 6.45) is 1.86. The van der Waals surface area contributed by atoms with Crippen LogP contribution < -0.4 is 24.5 Å². The van der Waals surface area contributed by atoms with E-state index in [1.807, 2.05) is 110 Å². The molecule has 0 saturated heterocycles. The van der Waals surface area contributed by atoms with E-state index >= 15 is 0 Å². The van der Waals surface area contributed by atoms with Gasteiger partial charge in [0.1, 0.15) is 11.8 Å². The number of hydrogen-bond donors (Lipinski definition) is 0. The highest BCUT2D eigenvalue weighted by molar-refractivity contribution is 9.10. The monoisotopic (exact) mass is 667 g/mol. The molecule has 1 aliphatic heterocycles. The molecular weight excluding hydrogens is 638 g/mol. The maximum atomic E-state index is 14.4. The van der Waals surface area contributed by atoms with E-state index in [9.17, 15) is 9.59 Å². The Morgan fingerprint density at radius 2 is 1.80 bits per heavy atom. The number of benzene rings is 4. The van der Waals surface area contributed by atoms with Crippen LogP contribution in [0.3, 0.4) is 0 Å². The summed E-state index contributed by atoms with van der Waals surface area (Å²) in [5, 5.41) is 1.82. The van der Waals surface area contributed by atoms with Crippen LogP contribution in [-0.2, 0) is 9.53 Å². The first-order valence-electron chi connectivity index (χ1n) is 14.1. The van der Waals surface area contributed by atoms with Crippen LogP contribution in [-0.4, -0.2) is 38.3 Å². The maximum absolute atomic E-state index is 14.4. The predicted molar refractivity (Wildman–Crippen MR) is 180 cm³/mol. The van der Waals surface area contributed by atoms with Crippen molar-refractivity contribution in [3.05, 3.63) is 131 Å². The first-order valence-corrected chi connectivity index (χ1v) is 15.7. The number of esters is 1. The first-order chi connectivity index (χ1) is 21.3. The lowest BCUT2D eigenvalue weighted by atomic mass is 9.89. The molecule has 2 heterocycles. The van der Waals surface area contributed by atoms with E-state index in [4.69, 9.17) is 14.5 Å². The van der Waals surface area contributed by atoms with Crippen LogP contribution in [0.25, 0.3) is 22.5 Å². The predicted octanol–water partition coefficient (Wildman–Crippen LogP) is 5.93. The van der Waals surface area contributed by atoms with Crippen LogP contribution in [0.2, 0.25) is 0 Å². The van der Waals surface area contributed by atoms with E-state index in [0.29, 0.717) is 26.3 Å². The summed E-state index contributed by atoms with van der Waals surface area (Å²) in [4.78, 5) is 35.8. The number of carbonyl (C=O) groups excluding carboxylic acids is 1. The highest BCUT2D eigenvalue weighted by Crippen LogP contribution is 2.42. The van der Waals surface area contributed by atoms with E-state index in [0.717, 1.165) is 32.1 Å². The number of nitrogens with zero attached hydrogens (tertiary/aromatic N) is 3. The molecule has 0 aliphatic carbocycles. The van der Waals surface area contributed by atoms with Crippen molar-refractivity contribution in [1.82, 2.24) is 4.57 Å². The van der Waals surface area contributed by atoms with E-state index in [1.165, 1.54) is 11.3 Å². The van der Waals surface area contributed by atoms with Gasteiger partial charge in [0.2, 0.25) is 0 Å². The molecule has 7 nitrogen and oxygen atoms in total. The summed E-state index contributed by atoms with van der Waals surface area (Å²) >= 11 is 4.95. The van der Waals surface area contributed by atoms with Gasteiger partial charge in [-0.15, -0.1) is 0 Å². The Morgan fingerprint density at radius 3 is 2.50 bits per heavy atom. The SMILES string of the molecule is CCOC(=O)C1=C(c2ccccc2)N=c2sc(=Cc3ccc(N(C)C)c(Br)c3)c(=O)n2[C@@H]1c1c(OC)ccc2ccccc12. The molecule has 1 aliphatic rings. The van der Waals surface area contributed by atoms with Gasteiger partial charge in [0.15, 0.2) is 4.80 Å². The number of fused-ring (bicyclic) bond motifs is 2. The number of anilines is 1. The van der Waals surface area contributed by atoms with Gasteiger partial charge in [0, 0.05) is 29.7 Å². The largest absolute Gasteiger partial charge is 0.496 e. The Kier molecular flexibility index (Phi) is 8.25.